The summed E-state index contributed by atoms with van der Waals surface area (Å²) < 4.78 is 65.7. The van der Waals surface area contributed by atoms with Crippen LogP contribution in [0.4, 0.5) is 24.5 Å². The molecule has 0 bridgehead atoms. The molecule has 2 N–H and O–H groups in total. The van der Waals surface area contributed by atoms with E-state index in [2.05, 4.69) is 30.9 Å². The van der Waals surface area contributed by atoms with Crippen LogP contribution in [-0.4, -0.2) is 16.2 Å². The average molecular weight is 950 g/mol. The number of halogens is 4. The second-order valence-electron chi connectivity index (χ2n) is 13.7. The quantitative estimate of drug-likeness (QED) is 0.0548. The summed E-state index contributed by atoms with van der Waals surface area (Å²) in [4.78, 5) is 37.9. The maximum absolute atomic E-state index is 15.3. The van der Waals surface area contributed by atoms with Crippen molar-refractivity contribution < 1.29 is 31.5 Å². The minimum Gasteiger partial charge on any atom is -0.431 e. The number of nitrogen functional groups attached to an aromatic ring is 1. The van der Waals surface area contributed by atoms with E-state index in [1.165, 1.54) is 40.9 Å². The fourth-order valence-corrected chi connectivity index (χ4v) is 8.33. The number of hydrogen-bond acceptors (Lipinski definition) is 12. The number of ether oxygens (including phenoxy) is 2. The van der Waals surface area contributed by atoms with E-state index >= 15 is 4.39 Å². The zero-order valence-corrected chi connectivity index (χ0v) is 35.9. The van der Waals surface area contributed by atoms with Crippen molar-refractivity contribution >= 4 is 78.1 Å². The molecule has 0 aliphatic heterocycles. The first-order valence-electron chi connectivity index (χ1n) is 19.0. The van der Waals surface area contributed by atoms with Gasteiger partial charge in [0, 0.05) is 87.1 Å². The lowest BCUT2D eigenvalue weighted by Gasteiger charge is -2.11. The minimum absolute atomic E-state index is 0.0338. The highest BCUT2D eigenvalue weighted by Crippen LogP contribution is 2.33. The summed E-state index contributed by atoms with van der Waals surface area (Å²) in [6, 6.07) is 29.0. The third-order valence-corrected chi connectivity index (χ3v) is 11.6. The molecule has 0 atom stereocenters. The monoisotopic (exact) mass is 948 g/mol. The predicted molar refractivity (Wildman–Crippen MR) is 243 cm³/mol. The van der Waals surface area contributed by atoms with Gasteiger partial charge >= 0.3 is 11.3 Å². The number of aliphatic imine (C=N–C) groups is 1. The first-order valence-corrected chi connectivity index (χ1v) is 21.9. The van der Waals surface area contributed by atoms with Crippen LogP contribution in [0.3, 0.4) is 0 Å². The molecule has 0 spiro atoms. The van der Waals surface area contributed by atoms with E-state index in [0.717, 1.165) is 16.5 Å². The summed E-state index contributed by atoms with van der Waals surface area (Å²) in [5.74, 6) is -0.171. The van der Waals surface area contributed by atoms with Crippen molar-refractivity contribution in [3.8, 4) is 21.9 Å². The Morgan fingerprint density at radius 3 is 1.79 bits per heavy atom. The van der Waals surface area contributed by atoms with E-state index in [4.69, 9.17) is 24.0 Å². The number of alkyl halides is 2. The molecule has 63 heavy (non-hydrogen) atoms. The summed E-state index contributed by atoms with van der Waals surface area (Å²) in [6.07, 6.45) is 4.83. The highest BCUT2D eigenvalue weighted by atomic mass is 79.9. The van der Waals surface area contributed by atoms with E-state index in [1.54, 1.807) is 72.5 Å². The fourth-order valence-electron chi connectivity index (χ4n) is 6.68. The summed E-state index contributed by atoms with van der Waals surface area (Å²) in [7, 11) is 0. The molecule has 0 aliphatic carbocycles. The Bertz CT molecular complexity index is 3200. The second-order valence-corrected chi connectivity index (χ2v) is 15.9. The number of thiazole rings is 2. The van der Waals surface area contributed by atoms with Crippen molar-refractivity contribution in [3.05, 3.63) is 198 Å². The van der Waals surface area contributed by atoms with E-state index < -0.39 is 29.6 Å². The van der Waals surface area contributed by atoms with Gasteiger partial charge in [-0.05, 0) is 58.7 Å². The molecule has 9 aromatic rings. The molecule has 16 heteroatoms. The Labute approximate surface area is 372 Å². The van der Waals surface area contributed by atoms with Gasteiger partial charge in [0.05, 0.1) is 11.4 Å². The number of nitrogens with two attached hydrogens (primary N) is 1. The molecule has 9 rings (SSSR count). The molecular weight excluding hydrogens is 918 g/mol. The molecule has 4 aromatic heterocycles. The van der Waals surface area contributed by atoms with Gasteiger partial charge < -0.3 is 24.0 Å². The van der Waals surface area contributed by atoms with Gasteiger partial charge in [-0.25, -0.2) is 32.7 Å². The van der Waals surface area contributed by atoms with Crippen LogP contribution in [0.5, 0.6) is 21.9 Å². The third-order valence-electron chi connectivity index (χ3n) is 9.73. The van der Waals surface area contributed by atoms with Crippen LogP contribution in [0.15, 0.2) is 150 Å². The lowest BCUT2D eigenvalue weighted by atomic mass is 9.98. The van der Waals surface area contributed by atoms with Gasteiger partial charge in [-0.15, -0.1) is 0 Å². The Kier molecular flexibility index (Phi) is 13.2. The van der Waals surface area contributed by atoms with Crippen LogP contribution in [-0.2, 0) is 24.8 Å². The van der Waals surface area contributed by atoms with Crippen molar-refractivity contribution in [2.45, 2.75) is 24.8 Å². The third kappa shape index (κ3) is 9.78. The average Bonchev–Trinajstić information content (AvgIpc) is 4.01. The molecule has 0 unspecified atom stereocenters. The van der Waals surface area contributed by atoms with E-state index in [-0.39, 0.29) is 46.5 Å². The maximum Gasteiger partial charge on any atom is 0.340 e. The molecular formula is C47H32BrF3N4O6S2. The highest BCUT2D eigenvalue weighted by Gasteiger charge is 2.20. The lowest BCUT2D eigenvalue weighted by molar-refractivity contribution is 0.469. The topological polar surface area (TPSA) is 143 Å². The molecule has 5 aromatic carbocycles. The van der Waals surface area contributed by atoms with Crippen LogP contribution >= 0.6 is 38.6 Å². The summed E-state index contributed by atoms with van der Waals surface area (Å²) in [6.45, 7) is -0.895. The molecule has 0 fully saturated rings. The van der Waals surface area contributed by atoms with Crippen molar-refractivity contribution in [3.63, 3.8) is 0 Å². The van der Waals surface area contributed by atoms with Crippen LogP contribution < -0.4 is 26.5 Å². The van der Waals surface area contributed by atoms with E-state index in [0.29, 0.717) is 49.3 Å². The van der Waals surface area contributed by atoms with Crippen molar-refractivity contribution in [1.29, 1.82) is 0 Å². The van der Waals surface area contributed by atoms with Gasteiger partial charge in [-0.3, -0.25) is 4.99 Å². The summed E-state index contributed by atoms with van der Waals surface area (Å²) in [5.41, 5.74) is 7.88. The summed E-state index contributed by atoms with van der Waals surface area (Å²) in [5, 5.41) is 6.08. The number of rotatable bonds is 12. The highest BCUT2D eigenvalue weighted by molar-refractivity contribution is 9.08. The Hall–Kier alpha value is -6.88. The van der Waals surface area contributed by atoms with Gasteiger partial charge in [0.1, 0.15) is 35.2 Å². The first kappa shape index (κ1) is 42.8. The Morgan fingerprint density at radius 1 is 0.683 bits per heavy atom. The predicted octanol–water partition coefficient (Wildman–Crippen LogP) is 12.2. The smallest absolute Gasteiger partial charge is 0.340 e. The fraction of sp³-hybridized carbons (Fsp3) is 0.0851. The van der Waals surface area contributed by atoms with Crippen molar-refractivity contribution in [2.75, 3.05) is 5.73 Å². The van der Waals surface area contributed by atoms with Crippen LogP contribution in [0, 0.1) is 11.6 Å². The van der Waals surface area contributed by atoms with Gasteiger partial charge in [-0.2, -0.15) is 0 Å². The van der Waals surface area contributed by atoms with Crippen LogP contribution in [0.2, 0.25) is 0 Å². The molecule has 0 aliphatic rings. The normalized spacial score (nSPS) is 11.2. The van der Waals surface area contributed by atoms with Gasteiger partial charge in [0.15, 0.2) is 5.82 Å². The molecule has 0 radical (unpaired) electrons. The minimum atomic E-state index is -0.895. The standard InChI is InChI=1S/C27H18BrFN2O3S.C20H14F2N2O3S/c28-15-22-20-10-9-19(33-27-30-11-12-35-27)14-24(20)34-26(32)21(22)13-18-7-4-8-23(25(18)29)31-16-17-5-2-1-3-6-17;21-10-15-13-5-4-12(26-20-24-6-7-28-20)9-17(13)27-19(25)14(15)8-11-2-1-3-16(23)18(11)22/h1-12,14,16H,13,15H2;1-7,9H,8,10,23H2. The SMILES string of the molecule is Nc1cccc(Cc2c(CF)c3ccc(Oc4nccs4)cc3oc2=O)c1F.O=c1oc2cc(Oc3nccs3)ccc2c(CBr)c1Cc1cccc(N=Cc2ccccc2)c1F. The zero-order chi connectivity index (χ0) is 43.9. The van der Waals surface area contributed by atoms with Crippen molar-refractivity contribution in [1.82, 2.24) is 9.97 Å². The molecule has 316 valence electrons. The van der Waals surface area contributed by atoms with Crippen molar-refractivity contribution in [2.24, 2.45) is 4.99 Å². The Balaban J connectivity index is 0.000000177. The molecule has 10 nitrogen and oxygen atoms in total. The Morgan fingerprint density at radius 2 is 1.24 bits per heavy atom. The largest absolute Gasteiger partial charge is 0.431 e. The number of nitrogens with zero attached hydrogens (tertiary/aromatic N) is 3. The molecule has 4 heterocycles. The first-order chi connectivity index (χ1) is 30.7. The number of aromatic nitrogens is 2. The number of anilines is 1. The zero-order valence-electron chi connectivity index (χ0n) is 32.7. The van der Waals surface area contributed by atoms with E-state index in [1.807, 2.05) is 41.8 Å². The van der Waals surface area contributed by atoms with E-state index in [9.17, 15) is 18.4 Å². The molecule has 0 saturated carbocycles. The van der Waals surface area contributed by atoms with Crippen LogP contribution in [0.1, 0.15) is 38.9 Å². The van der Waals surface area contributed by atoms with Gasteiger partial charge in [0.2, 0.25) is 0 Å². The second kappa shape index (κ2) is 19.4. The number of fused-ring (bicyclic) bond motifs is 2. The number of benzene rings is 5. The summed E-state index contributed by atoms with van der Waals surface area (Å²) >= 11 is 6.16. The maximum atomic E-state index is 15.3. The van der Waals surface area contributed by atoms with Gasteiger partial charge in [-0.1, -0.05) is 93.2 Å². The van der Waals surface area contributed by atoms with Gasteiger partial charge in [0.25, 0.3) is 10.4 Å². The lowest BCUT2D eigenvalue weighted by Crippen LogP contribution is -2.13. The molecule has 0 saturated heterocycles. The van der Waals surface area contributed by atoms with Crippen LogP contribution in [0.25, 0.3) is 21.9 Å². The number of hydrogen-bond donors (Lipinski definition) is 1. The molecule has 0 amide bonds.